The molecule has 0 bridgehead atoms. The summed E-state index contributed by atoms with van der Waals surface area (Å²) in [4.78, 5) is 8.46. The van der Waals surface area contributed by atoms with Crippen molar-refractivity contribution in [2.75, 3.05) is 5.32 Å². The van der Waals surface area contributed by atoms with Crippen LogP contribution in [0.2, 0.25) is 0 Å². The van der Waals surface area contributed by atoms with Crippen molar-refractivity contribution >= 4 is 5.95 Å². The number of hydrogen-bond acceptors (Lipinski definition) is 4. The number of rotatable bonds is 5. The summed E-state index contributed by atoms with van der Waals surface area (Å²) in [6.45, 7) is 8.37. The summed E-state index contributed by atoms with van der Waals surface area (Å²) in [6.07, 6.45) is 2.25. The number of aryl methyl sites for hydroxylation is 1. The smallest absolute Gasteiger partial charge is 0.224 e. The summed E-state index contributed by atoms with van der Waals surface area (Å²) >= 11 is 0. The Bertz CT molecular complexity index is 404. The van der Waals surface area contributed by atoms with E-state index in [0.29, 0.717) is 23.6 Å². The van der Waals surface area contributed by atoms with Crippen molar-refractivity contribution in [3.63, 3.8) is 0 Å². The van der Waals surface area contributed by atoms with Crippen LogP contribution in [0.1, 0.15) is 45.0 Å². The van der Waals surface area contributed by atoms with Gasteiger partial charge in [0.05, 0.1) is 0 Å². The van der Waals surface area contributed by atoms with Crippen LogP contribution in [0.25, 0.3) is 0 Å². The molecule has 4 heteroatoms. The SMILES string of the molecule is CCC(CC)C(C)Nc1nc(C)cc(C#N)n1. The van der Waals surface area contributed by atoms with Gasteiger partial charge in [-0.05, 0) is 25.8 Å². The summed E-state index contributed by atoms with van der Waals surface area (Å²) in [5.74, 6) is 1.16. The average molecular weight is 232 g/mol. The number of anilines is 1. The second-order valence-corrected chi connectivity index (χ2v) is 4.34. The van der Waals surface area contributed by atoms with Gasteiger partial charge in [-0.3, -0.25) is 0 Å². The molecule has 4 nitrogen and oxygen atoms in total. The molecular formula is C13H20N4. The van der Waals surface area contributed by atoms with E-state index < -0.39 is 0 Å². The highest BCUT2D eigenvalue weighted by Gasteiger charge is 2.14. The molecule has 17 heavy (non-hydrogen) atoms. The molecule has 0 aromatic carbocycles. The minimum atomic E-state index is 0.318. The third kappa shape index (κ3) is 3.70. The summed E-state index contributed by atoms with van der Waals surface area (Å²) < 4.78 is 0. The van der Waals surface area contributed by atoms with Crippen molar-refractivity contribution in [1.82, 2.24) is 9.97 Å². The molecule has 0 spiro atoms. The molecule has 0 aliphatic heterocycles. The van der Waals surface area contributed by atoms with Crippen molar-refractivity contribution in [2.45, 2.75) is 46.6 Å². The highest BCUT2D eigenvalue weighted by atomic mass is 15.1. The van der Waals surface area contributed by atoms with Gasteiger partial charge in [0, 0.05) is 11.7 Å². The monoisotopic (exact) mass is 232 g/mol. The lowest BCUT2D eigenvalue weighted by Gasteiger charge is -2.22. The lowest BCUT2D eigenvalue weighted by Crippen LogP contribution is -2.26. The predicted molar refractivity (Wildman–Crippen MR) is 68.6 cm³/mol. The largest absolute Gasteiger partial charge is 0.351 e. The van der Waals surface area contributed by atoms with E-state index in [9.17, 15) is 0 Å². The predicted octanol–water partition coefficient (Wildman–Crippen LogP) is 2.89. The summed E-state index contributed by atoms with van der Waals surface area (Å²) in [5.41, 5.74) is 1.23. The molecule has 92 valence electrons. The highest BCUT2D eigenvalue weighted by molar-refractivity contribution is 5.33. The Balaban J connectivity index is 2.81. The van der Waals surface area contributed by atoms with Crippen LogP contribution in [0.4, 0.5) is 5.95 Å². The number of nitrogens with one attached hydrogen (secondary N) is 1. The number of nitrogens with zero attached hydrogens (tertiary/aromatic N) is 3. The zero-order chi connectivity index (χ0) is 12.8. The Labute approximate surface area is 103 Å². The molecule has 1 aromatic heterocycles. The van der Waals surface area contributed by atoms with Gasteiger partial charge in [-0.1, -0.05) is 26.7 Å². The van der Waals surface area contributed by atoms with Gasteiger partial charge in [-0.15, -0.1) is 0 Å². The van der Waals surface area contributed by atoms with Gasteiger partial charge in [-0.2, -0.15) is 5.26 Å². The van der Waals surface area contributed by atoms with E-state index in [-0.39, 0.29) is 0 Å². The standard InChI is InChI=1S/C13H20N4/c1-5-11(6-2)10(4)16-13-15-9(3)7-12(8-14)17-13/h7,10-11H,5-6H2,1-4H3,(H,15,16,17). The van der Waals surface area contributed by atoms with Crippen LogP contribution < -0.4 is 5.32 Å². The van der Waals surface area contributed by atoms with Gasteiger partial charge in [0.2, 0.25) is 5.95 Å². The van der Waals surface area contributed by atoms with Gasteiger partial charge in [0.15, 0.2) is 0 Å². The van der Waals surface area contributed by atoms with Crippen molar-refractivity contribution in [1.29, 1.82) is 5.26 Å². The maximum atomic E-state index is 8.85. The van der Waals surface area contributed by atoms with Gasteiger partial charge in [0.1, 0.15) is 11.8 Å². The van der Waals surface area contributed by atoms with Gasteiger partial charge < -0.3 is 5.32 Å². The van der Waals surface area contributed by atoms with Gasteiger partial charge in [-0.25, -0.2) is 9.97 Å². The zero-order valence-corrected chi connectivity index (χ0v) is 11.0. The highest BCUT2D eigenvalue weighted by Crippen LogP contribution is 2.16. The second-order valence-electron chi connectivity index (χ2n) is 4.34. The Hall–Kier alpha value is -1.63. The van der Waals surface area contributed by atoms with E-state index in [1.165, 1.54) is 0 Å². The molecule has 0 saturated heterocycles. The third-order valence-electron chi connectivity index (χ3n) is 3.08. The van der Waals surface area contributed by atoms with Crippen LogP contribution in [0.15, 0.2) is 6.07 Å². The van der Waals surface area contributed by atoms with Crippen molar-refractivity contribution in [3.05, 3.63) is 17.5 Å². The van der Waals surface area contributed by atoms with E-state index in [1.807, 2.05) is 13.0 Å². The fourth-order valence-electron chi connectivity index (χ4n) is 2.01. The first-order valence-corrected chi connectivity index (χ1v) is 6.13. The molecule has 0 aliphatic rings. The molecule has 0 amide bonds. The fourth-order valence-corrected chi connectivity index (χ4v) is 2.01. The third-order valence-corrected chi connectivity index (χ3v) is 3.08. The molecule has 1 unspecified atom stereocenters. The Morgan fingerprint density at radius 1 is 1.35 bits per heavy atom. The van der Waals surface area contributed by atoms with Crippen LogP contribution in [0, 0.1) is 24.2 Å². The van der Waals surface area contributed by atoms with E-state index in [4.69, 9.17) is 5.26 Å². The molecule has 0 radical (unpaired) electrons. The van der Waals surface area contributed by atoms with Crippen LogP contribution in [-0.2, 0) is 0 Å². The average Bonchev–Trinajstić information content (AvgIpc) is 2.29. The first-order chi connectivity index (χ1) is 8.10. The lowest BCUT2D eigenvalue weighted by molar-refractivity contribution is 0.436. The fraction of sp³-hybridized carbons (Fsp3) is 0.615. The van der Waals surface area contributed by atoms with E-state index in [0.717, 1.165) is 18.5 Å². The van der Waals surface area contributed by atoms with Crippen molar-refractivity contribution in [2.24, 2.45) is 5.92 Å². The molecule has 1 aromatic rings. The first-order valence-electron chi connectivity index (χ1n) is 6.13. The number of aromatic nitrogens is 2. The molecule has 1 atom stereocenters. The first kappa shape index (κ1) is 13.4. The molecular weight excluding hydrogens is 212 g/mol. The van der Waals surface area contributed by atoms with E-state index in [1.54, 1.807) is 6.07 Å². The van der Waals surface area contributed by atoms with Crippen LogP contribution in [0.3, 0.4) is 0 Å². The van der Waals surface area contributed by atoms with Crippen LogP contribution in [0.5, 0.6) is 0 Å². The number of nitriles is 1. The Morgan fingerprint density at radius 3 is 2.53 bits per heavy atom. The van der Waals surface area contributed by atoms with Crippen LogP contribution >= 0.6 is 0 Å². The molecule has 0 saturated carbocycles. The van der Waals surface area contributed by atoms with Crippen molar-refractivity contribution in [3.8, 4) is 6.07 Å². The minimum absolute atomic E-state index is 0.318. The van der Waals surface area contributed by atoms with E-state index >= 15 is 0 Å². The topological polar surface area (TPSA) is 61.6 Å². The molecule has 0 aliphatic carbocycles. The summed E-state index contributed by atoms with van der Waals surface area (Å²) in [5, 5.41) is 12.1. The molecule has 1 heterocycles. The van der Waals surface area contributed by atoms with Gasteiger partial charge in [0.25, 0.3) is 0 Å². The zero-order valence-electron chi connectivity index (χ0n) is 11.0. The second kappa shape index (κ2) is 6.19. The number of hydrogen-bond donors (Lipinski definition) is 1. The summed E-state index contributed by atoms with van der Waals surface area (Å²) in [6, 6.07) is 4.05. The quantitative estimate of drug-likeness (QED) is 0.848. The molecule has 1 rings (SSSR count). The summed E-state index contributed by atoms with van der Waals surface area (Å²) in [7, 11) is 0. The molecule has 1 N–H and O–H groups in total. The minimum Gasteiger partial charge on any atom is -0.351 e. The Kier molecular flexibility index (Phi) is 4.89. The van der Waals surface area contributed by atoms with Crippen molar-refractivity contribution < 1.29 is 0 Å². The Morgan fingerprint density at radius 2 is 2.00 bits per heavy atom. The van der Waals surface area contributed by atoms with Gasteiger partial charge >= 0.3 is 0 Å². The normalized spacial score (nSPS) is 12.2. The molecule has 0 fully saturated rings. The van der Waals surface area contributed by atoms with Crippen LogP contribution in [-0.4, -0.2) is 16.0 Å². The maximum absolute atomic E-state index is 8.85. The maximum Gasteiger partial charge on any atom is 0.224 e. The lowest BCUT2D eigenvalue weighted by atomic mass is 9.96. The van der Waals surface area contributed by atoms with E-state index in [2.05, 4.69) is 36.1 Å².